The molecular formula is C24H37NO3. The molecule has 0 bridgehead atoms. The smallest absolute Gasteiger partial charge is 0.233 e. The highest BCUT2D eigenvalue weighted by molar-refractivity contribution is 6.50. The number of aliphatic hydroxyl groups excluding tert-OH is 1. The van der Waals surface area contributed by atoms with Gasteiger partial charge >= 0.3 is 0 Å². The van der Waals surface area contributed by atoms with Crippen LogP contribution in [-0.2, 0) is 9.59 Å². The lowest BCUT2D eigenvalue weighted by atomic mass is 9.73. The van der Waals surface area contributed by atoms with Crippen molar-refractivity contribution in [3.63, 3.8) is 0 Å². The van der Waals surface area contributed by atoms with Crippen LogP contribution in [-0.4, -0.2) is 23.2 Å². The van der Waals surface area contributed by atoms with E-state index in [2.05, 4.69) is 52.9 Å². The number of aliphatic hydroxyl groups is 1. The van der Waals surface area contributed by atoms with Gasteiger partial charge in [-0.1, -0.05) is 59.1 Å². The first-order chi connectivity index (χ1) is 13.1. The van der Waals surface area contributed by atoms with Gasteiger partial charge in [-0.15, -0.1) is 0 Å². The van der Waals surface area contributed by atoms with Crippen molar-refractivity contribution in [2.45, 2.75) is 80.1 Å². The molecule has 0 aromatic rings. The number of rotatable bonds is 7. The van der Waals surface area contributed by atoms with Crippen LogP contribution in [0.25, 0.3) is 0 Å². The van der Waals surface area contributed by atoms with Crippen molar-refractivity contribution in [1.82, 2.24) is 5.32 Å². The molecule has 4 heteroatoms. The number of Topliss-reactive ketones (excluding diaryl/α,β-unsaturated/α-hetero) is 2. The number of carbonyl (C=O) groups excluding carboxylic acids is 2. The van der Waals surface area contributed by atoms with Crippen LogP contribution in [0, 0.1) is 17.3 Å². The standard InChI is InChI=1S/C24H37NO3/c1-7-8-9-10-17-20(25-14-24(4,5)6)22(27)19(23(28)21(17)26)18-13-15(2)11-12-16(18)3/h13,16,18,25,27H,7-12,14H2,1-6H3. The molecule has 156 valence electrons. The maximum absolute atomic E-state index is 13.0. The van der Waals surface area contributed by atoms with Crippen molar-refractivity contribution in [1.29, 1.82) is 0 Å². The summed E-state index contributed by atoms with van der Waals surface area (Å²) in [5.41, 5.74) is 2.42. The Morgan fingerprint density at radius 3 is 2.46 bits per heavy atom. The van der Waals surface area contributed by atoms with Gasteiger partial charge in [0.15, 0.2) is 0 Å². The molecule has 2 aliphatic carbocycles. The molecule has 0 saturated carbocycles. The molecule has 0 radical (unpaired) electrons. The number of unbranched alkanes of at least 4 members (excludes halogenated alkanes) is 2. The molecule has 2 N–H and O–H groups in total. The number of ketones is 2. The molecule has 2 unspecified atom stereocenters. The number of nitrogens with one attached hydrogen (secondary N) is 1. The summed E-state index contributed by atoms with van der Waals surface area (Å²) in [6.45, 7) is 13.2. The second kappa shape index (κ2) is 9.11. The molecule has 0 heterocycles. The SMILES string of the molecule is CCCCCC1=C(NCC(C)(C)C)C(O)=C(C2C=C(C)CCC2C)C(=O)C1=O. The summed E-state index contributed by atoms with van der Waals surface area (Å²) in [4.78, 5) is 26.0. The molecule has 0 aromatic heterocycles. The van der Waals surface area contributed by atoms with Gasteiger partial charge in [0.1, 0.15) is 5.76 Å². The Labute approximate surface area is 170 Å². The second-order valence-electron chi connectivity index (χ2n) is 9.70. The van der Waals surface area contributed by atoms with Gasteiger partial charge in [-0.3, -0.25) is 9.59 Å². The van der Waals surface area contributed by atoms with Gasteiger partial charge < -0.3 is 10.4 Å². The molecule has 0 saturated heterocycles. The van der Waals surface area contributed by atoms with E-state index in [4.69, 9.17) is 0 Å². The highest BCUT2D eigenvalue weighted by Crippen LogP contribution is 2.39. The van der Waals surface area contributed by atoms with E-state index < -0.39 is 11.6 Å². The first-order valence-corrected chi connectivity index (χ1v) is 10.7. The summed E-state index contributed by atoms with van der Waals surface area (Å²) < 4.78 is 0. The van der Waals surface area contributed by atoms with E-state index in [1.165, 1.54) is 5.57 Å². The van der Waals surface area contributed by atoms with Crippen molar-refractivity contribution >= 4 is 11.6 Å². The largest absolute Gasteiger partial charge is 0.505 e. The van der Waals surface area contributed by atoms with Gasteiger partial charge in [0, 0.05) is 18.0 Å². The topological polar surface area (TPSA) is 66.4 Å². The van der Waals surface area contributed by atoms with Gasteiger partial charge in [-0.05, 0) is 43.9 Å². The van der Waals surface area contributed by atoms with Crippen LogP contribution in [0.15, 0.2) is 34.3 Å². The summed E-state index contributed by atoms with van der Waals surface area (Å²) in [5.74, 6) is -0.947. The molecule has 2 atom stereocenters. The van der Waals surface area contributed by atoms with Crippen molar-refractivity contribution in [2.75, 3.05) is 6.54 Å². The minimum atomic E-state index is -0.520. The van der Waals surface area contributed by atoms with Crippen molar-refractivity contribution in [3.8, 4) is 0 Å². The molecule has 0 fully saturated rings. The van der Waals surface area contributed by atoms with E-state index in [-0.39, 0.29) is 28.6 Å². The Hall–Kier alpha value is -1.84. The van der Waals surface area contributed by atoms with E-state index >= 15 is 0 Å². The fraction of sp³-hybridized carbons (Fsp3) is 0.667. The van der Waals surface area contributed by atoms with Crippen molar-refractivity contribution in [2.24, 2.45) is 17.3 Å². The zero-order chi connectivity index (χ0) is 21.1. The number of hydrogen-bond donors (Lipinski definition) is 2. The molecule has 0 spiro atoms. The highest BCUT2D eigenvalue weighted by Gasteiger charge is 2.40. The third-order valence-corrected chi connectivity index (χ3v) is 5.75. The molecule has 0 aromatic carbocycles. The van der Waals surface area contributed by atoms with Crippen molar-refractivity contribution in [3.05, 3.63) is 34.3 Å². The van der Waals surface area contributed by atoms with E-state index in [0.29, 0.717) is 24.2 Å². The van der Waals surface area contributed by atoms with Crippen LogP contribution >= 0.6 is 0 Å². The summed E-state index contributed by atoms with van der Waals surface area (Å²) in [5, 5.41) is 14.5. The molecule has 2 rings (SSSR count). The van der Waals surface area contributed by atoms with Gasteiger partial charge in [-0.25, -0.2) is 0 Å². The van der Waals surface area contributed by atoms with E-state index in [0.717, 1.165) is 32.1 Å². The van der Waals surface area contributed by atoms with E-state index in [1.807, 2.05) is 0 Å². The Balaban J connectivity index is 2.51. The molecule has 2 aliphatic rings. The number of carbonyl (C=O) groups is 2. The fourth-order valence-electron chi connectivity index (χ4n) is 3.96. The maximum atomic E-state index is 13.0. The first-order valence-electron chi connectivity index (χ1n) is 10.7. The number of allylic oxidation sites excluding steroid dienone is 4. The Bertz CT molecular complexity index is 719. The molecule has 28 heavy (non-hydrogen) atoms. The van der Waals surface area contributed by atoms with Crippen LogP contribution in [0.1, 0.15) is 80.1 Å². The van der Waals surface area contributed by atoms with Gasteiger partial charge in [-0.2, -0.15) is 0 Å². The van der Waals surface area contributed by atoms with Gasteiger partial charge in [0.05, 0.1) is 11.3 Å². The molecular weight excluding hydrogens is 350 g/mol. The summed E-state index contributed by atoms with van der Waals surface area (Å²) >= 11 is 0. The highest BCUT2D eigenvalue weighted by atomic mass is 16.3. The third kappa shape index (κ3) is 5.15. The average molecular weight is 388 g/mol. The predicted molar refractivity (Wildman–Crippen MR) is 114 cm³/mol. The minimum Gasteiger partial charge on any atom is -0.505 e. The lowest BCUT2D eigenvalue weighted by Crippen LogP contribution is -2.37. The van der Waals surface area contributed by atoms with Crippen LogP contribution in [0.5, 0.6) is 0 Å². The summed E-state index contributed by atoms with van der Waals surface area (Å²) in [6.07, 6.45) is 7.43. The second-order valence-corrected chi connectivity index (χ2v) is 9.70. The number of hydrogen-bond acceptors (Lipinski definition) is 4. The lowest BCUT2D eigenvalue weighted by molar-refractivity contribution is -0.133. The van der Waals surface area contributed by atoms with Crippen LogP contribution in [0.2, 0.25) is 0 Å². The normalized spacial score (nSPS) is 24.0. The first kappa shape index (κ1) is 22.4. The molecule has 4 nitrogen and oxygen atoms in total. The minimum absolute atomic E-state index is 0.0110. The lowest BCUT2D eigenvalue weighted by Gasteiger charge is -2.32. The van der Waals surface area contributed by atoms with Gasteiger partial charge in [0.25, 0.3) is 0 Å². The zero-order valence-electron chi connectivity index (χ0n) is 18.4. The van der Waals surface area contributed by atoms with Crippen molar-refractivity contribution < 1.29 is 14.7 Å². The summed E-state index contributed by atoms with van der Waals surface area (Å²) in [6, 6.07) is 0. The maximum Gasteiger partial charge on any atom is 0.233 e. The summed E-state index contributed by atoms with van der Waals surface area (Å²) in [7, 11) is 0. The van der Waals surface area contributed by atoms with Gasteiger partial charge in [0.2, 0.25) is 11.6 Å². The van der Waals surface area contributed by atoms with E-state index in [9.17, 15) is 14.7 Å². The quantitative estimate of drug-likeness (QED) is 0.265. The Morgan fingerprint density at radius 2 is 1.86 bits per heavy atom. The van der Waals surface area contributed by atoms with E-state index in [1.54, 1.807) is 0 Å². The Kier molecular flexibility index (Phi) is 7.30. The zero-order valence-corrected chi connectivity index (χ0v) is 18.4. The monoisotopic (exact) mass is 387 g/mol. The third-order valence-electron chi connectivity index (χ3n) is 5.75. The van der Waals surface area contributed by atoms with Crippen LogP contribution in [0.4, 0.5) is 0 Å². The average Bonchev–Trinajstić information content (AvgIpc) is 2.61. The fourth-order valence-corrected chi connectivity index (χ4v) is 3.96. The van der Waals surface area contributed by atoms with Crippen LogP contribution < -0.4 is 5.32 Å². The predicted octanol–water partition coefficient (Wildman–Crippen LogP) is 5.41. The molecule has 0 aliphatic heterocycles. The van der Waals surface area contributed by atoms with Crippen LogP contribution in [0.3, 0.4) is 0 Å². The molecule has 0 amide bonds. The Morgan fingerprint density at radius 1 is 1.18 bits per heavy atom.